The molecule has 0 aliphatic carbocycles. The highest BCUT2D eigenvalue weighted by Crippen LogP contribution is 2.12. The summed E-state index contributed by atoms with van der Waals surface area (Å²) < 4.78 is 0. The number of nitrogens with zero attached hydrogens (tertiary/aromatic N) is 1. The number of aromatic hydroxyl groups is 1. The van der Waals surface area contributed by atoms with Crippen LogP contribution >= 0.6 is 0 Å². The Bertz CT molecular complexity index is 943. The van der Waals surface area contributed by atoms with Crippen molar-refractivity contribution in [1.29, 1.82) is 0 Å². The van der Waals surface area contributed by atoms with Crippen molar-refractivity contribution >= 4 is 29.7 Å². The van der Waals surface area contributed by atoms with Gasteiger partial charge in [0, 0.05) is 13.0 Å². The fourth-order valence-electron chi connectivity index (χ4n) is 3.69. The second kappa shape index (κ2) is 13.9. The van der Waals surface area contributed by atoms with Crippen LogP contribution in [0.3, 0.4) is 0 Å². The molecule has 0 bridgehead atoms. The normalized spacial score (nSPS) is 17.3. The highest BCUT2D eigenvalue weighted by molar-refractivity contribution is 5.94. The number of carbonyl (C=O) groups is 4. The fourth-order valence-corrected chi connectivity index (χ4v) is 3.69. The van der Waals surface area contributed by atoms with E-state index in [1.807, 2.05) is 0 Å². The van der Waals surface area contributed by atoms with E-state index >= 15 is 0 Å². The molecule has 4 atom stereocenters. The maximum Gasteiger partial charge on any atom is 0.326 e. The summed E-state index contributed by atoms with van der Waals surface area (Å²) in [7, 11) is 0. The van der Waals surface area contributed by atoms with Crippen LogP contribution in [0.1, 0.15) is 38.2 Å². The van der Waals surface area contributed by atoms with Gasteiger partial charge < -0.3 is 42.9 Å². The summed E-state index contributed by atoms with van der Waals surface area (Å²) in [6.45, 7) is 2.34. The van der Waals surface area contributed by atoms with Crippen molar-refractivity contribution in [1.82, 2.24) is 21.3 Å². The lowest BCUT2D eigenvalue weighted by atomic mass is 10.0. The lowest BCUT2D eigenvalue weighted by Crippen LogP contribution is -2.56. The van der Waals surface area contributed by atoms with Crippen LogP contribution in [0, 0.1) is 0 Å². The van der Waals surface area contributed by atoms with Gasteiger partial charge in [0.1, 0.15) is 23.9 Å². The minimum absolute atomic E-state index is 0.0653. The molecule has 1 aromatic carbocycles. The molecule has 4 unspecified atom stereocenters. The molecule has 13 nitrogen and oxygen atoms in total. The van der Waals surface area contributed by atoms with Gasteiger partial charge in [-0.3, -0.25) is 19.4 Å². The number of phenols is 1. The number of aliphatic carboxylic acids is 1. The van der Waals surface area contributed by atoms with Crippen LogP contribution in [0.5, 0.6) is 5.75 Å². The second-order valence-corrected chi connectivity index (χ2v) is 8.66. The topological polar surface area (TPSA) is 221 Å². The number of rotatable bonds is 13. The van der Waals surface area contributed by atoms with Crippen molar-refractivity contribution in [3.63, 3.8) is 0 Å². The van der Waals surface area contributed by atoms with Gasteiger partial charge in [-0.05, 0) is 56.8 Å². The van der Waals surface area contributed by atoms with Crippen molar-refractivity contribution in [2.45, 2.75) is 63.2 Å². The van der Waals surface area contributed by atoms with Crippen molar-refractivity contribution < 1.29 is 29.4 Å². The lowest BCUT2D eigenvalue weighted by molar-refractivity contribution is -0.142. The molecule has 0 spiro atoms. The van der Waals surface area contributed by atoms with Gasteiger partial charge in [-0.15, -0.1) is 0 Å². The molecule has 13 heteroatoms. The third-order valence-corrected chi connectivity index (χ3v) is 5.70. The summed E-state index contributed by atoms with van der Waals surface area (Å²) >= 11 is 0. The highest BCUT2D eigenvalue weighted by atomic mass is 16.4. The van der Waals surface area contributed by atoms with E-state index < -0.39 is 42.0 Å². The monoisotopic (exact) mass is 505 g/mol. The molecule has 1 aliphatic rings. The summed E-state index contributed by atoms with van der Waals surface area (Å²) in [5, 5.41) is 29.7. The number of carboxylic acids is 1. The van der Waals surface area contributed by atoms with Gasteiger partial charge in [-0.25, -0.2) is 4.79 Å². The standard InChI is InChI=1S/C23H35N7O6/c1-13(19(32)29-17(22(35)36)5-3-11-27-23(24)25)28-21(34)18(12-14-6-8-15(31)9-7-14)30-20(33)16-4-2-10-26-16/h6-9,13,16-18,26,31H,2-5,10-12H2,1H3,(H,28,34)(H,29,32)(H,30,33)(H,35,36)(H4,24,25,27). The zero-order valence-corrected chi connectivity index (χ0v) is 20.2. The van der Waals surface area contributed by atoms with E-state index in [4.69, 9.17) is 11.5 Å². The number of guanidine groups is 1. The number of benzene rings is 1. The molecule has 3 amide bonds. The molecular formula is C23H35N7O6. The van der Waals surface area contributed by atoms with Crippen LogP contribution in [0.2, 0.25) is 0 Å². The number of aliphatic imine (C=N–C) groups is 1. The van der Waals surface area contributed by atoms with Crippen LogP contribution < -0.4 is 32.7 Å². The van der Waals surface area contributed by atoms with Crippen LogP contribution in [-0.4, -0.2) is 77.1 Å². The Kier molecular flexibility index (Phi) is 10.9. The fraction of sp³-hybridized carbons (Fsp3) is 0.522. The summed E-state index contributed by atoms with van der Waals surface area (Å²) in [5.41, 5.74) is 11.2. The molecule has 1 fully saturated rings. The molecule has 1 aliphatic heterocycles. The van der Waals surface area contributed by atoms with E-state index in [1.54, 1.807) is 12.1 Å². The molecule has 10 N–H and O–H groups in total. The van der Waals surface area contributed by atoms with E-state index in [0.29, 0.717) is 24.9 Å². The molecule has 1 heterocycles. The molecule has 0 saturated carbocycles. The smallest absolute Gasteiger partial charge is 0.326 e. The third kappa shape index (κ3) is 9.41. The first-order valence-electron chi connectivity index (χ1n) is 11.8. The molecule has 2 rings (SSSR count). The average Bonchev–Trinajstić information content (AvgIpc) is 3.36. The largest absolute Gasteiger partial charge is 0.508 e. The first kappa shape index (κ1) is 28.4. The zero-order valence-electron chi connectivity index (χ0n) is 20.2. The Morgan fingerprint density at radius 3 is 2.36 bits per heavy atom. The van der Waals surface area contributed by atoms with E-state index in [2.05, 4.69) is 26.3 Å². The summed E-state index contributed by atoms with van der Waals surface area (Å²) in [6, 6.07) is 2.55. The number of nitrogens with one attached hydrogen (secondary N) is 4. The van der Waals surface area contributed by atoms with Gasteiger partial charge in [0.2, 0.25) is 17.7 Å². The Morgan fingerprint density at radius 1 is 1.08 bits per heavy atom. The first-order chi connectivity index (χ1) is 17.1. The van der Waals surface area contributed by atoms with Crippen LogP contribution in [0.4, 0.5) is 0 Å². The minimum atomic E-state index is -1.23. The lowest BCUT2D eigenvalue weighted by Gasteiger charge is -2.23. The maximum atomic E-state index is 13.0. The van der Waals surface area contributed by atoms with Gasteiger partial charge in [0.05, 0.1) is 6.04 Å². The third-order valence-electron chi connectivity index (χ3n) is 5.70. The molecule has 1 aromatic rings. The SMILES string of the molecule is CC(NC(=O)C(Cc1ccc(O)cc1)NC(=O)C1CCCN1)C(=O)NC(CCCN=C(N)N)C(=O)O. The quantitative estimate of drug-likeness (QED) is 0.0868. The minimum Gasteiger partial charge on any atom is -0.508 e. The van der Waals surface area contributed by atoms with Crippen molar-refractivity contribution in [3.8, 4) is 5.75 Å². The van der Waals surface area contributed by atoms with Crippen LogP contribution in [0.15, 0.2) is 29.3 Å². The van der Waals surface area contributed by atoms with Gasteiger partial charge in [-0.1, -0.05) is 12.1 Å². The Labute approximate surface area is 209 Å². The summed E-state index contributed by atoms with van der Waals surface area (Å²) in [4.78, 5) is 53.6. The van der Waals surface area contributed by atoms with Crippen molar-refractivity contribution in [3.05, 3.63) is 29.8 Å². The Hall–Kier alpha value is -3.87. The predicted octanol–water partition coefficient (Wildman–Crippen LogP) is -1.70. The van der Waals surface area contributed by atoms with E-state index in [1.165, 1.54) is 19.1 Å². The summed E-state index contributed by atoms with van der Waals surface area (Å²) in [5.74, 6) is -2.89. The second-order valence-electron chi connectivity index (χ2n) is 8.66. The number of amides is 3. The van der Waals surface area contributed by atoms with Gasteiger partial charge in [0.15, 0.2) is 5.96 Å². The van der Waals surface area contributed by atoms with E-state index in [-0.39, 0.29) is 37.0 Å². The molecule has 198 valence electrons. The first-order valence-corrected chi connectivity index (χ1v) is 11.8. The number of nitrogens with two attached hydrogens (primary N) is 2. The van der Waals surface area contributed by atoms with E-state index in [9.17, 15) is 29.4 Å². The maximum absolute atomic E-state index is 13.0. The number of hydrogen-bond acceptors (Lipinski definition) is 7. The zero-order chi connectivity index (χ0) is 26.7. The molecule has 36 heavy (non-hydrogen) atoms. The Morgan fingerprint density at radius 2 is 1.78 bits per heavy atom. The van der Waals surface area contributed by atoms with Gasteiger partial charge in [0.25, 0.3) is 0 Å². The molecular weight excluding hydrogens is 470 g/mol. The number of carbonyl (C=O) groups excluding carboxylic acids is 3. The highest BCUT2D eigenvalue weighted by Gasteiger charge is 2.30. The molecule has 0 radical (unpaired) electrons. The van der Waals surface area contributed by atoms with Crippen molar-refractivity contribution in [2.24, 2.45) is 16.5 Å². The van der Waals surface area contributed by atoms with Crippen LogP contribution in [0.25, 0.3) is 0 Å². The number of phenolic OH excluding ortho intramolecular Hbond substituents is 1. The number of hydrogen-bond donors (Lipinski definition) is 8. The average molecular weight is 506 g/mol. The van der Waals surface area contributed by atoms with Crippen LogP contribution in [-0.2, 0) is 25.6 Å². The van der Waals surface area contributed by atoms with E-state index in [0.717, 1.165) is 6.42 Å². The Balaban J connectivity index is 2.01. The number of carboxylic acid groups (broad SMARTS) is 1. The predicted molar refractivity (Wildman–Crippen MR) is 132 cm³/mol. The van der Waals surface area contributed by atoms with Crippen molar-refractivity contribution in [2.75, 3.05) is 13.1 Å². The van der Waals surface area contributed by atoms with Gasteiger partial charge >= 0.3 is 5.97 Å². The summed E-state index contributed by atoms with van der Waals surface area (Å²) in [6.07, 6.45) is 2.04. The molecule has 1 saturated heterocycles. The van der Waals surface area contributed by atoms with Gasteiger partial charge in [-0.2, -0.15) is 0 Å². The molecule has 0 aromatic heterocycles.